The van der Waals surface area contributed by atoms with Gasteiger partial charge in [0.15, 0.2) is 11.6 Å². The zero-order valence-corrected chi connectivity index (χ0v) is 8.65. The summed E-state index contributed by atoms with van der Waals surface area (Å²) in [5.74, 6) is -1.82. The van der Waals surface area contributed by atoms with Gasteiger partial charge in [-0.25, -0.2) is 4.39 Å². The molecule has 1 aromatic carbocycles. The molecule has 1 rings (SSSR count). The van der Waals surface area contributed by atoms with E-state index in [-0.39, 0.29) is 0 Å². The van der Waals surface area contributed by atoms with Gasteiger partial charge in [0.1, 0.15) is 0 Å². The van der Waals surface area contributed by atoms with Gasteiger partial charge in [-0.1, -0.05) is 19.9 Å². The highest BCUT2D eigenvalue weighted by Crippen LogP contribution is 2.25. The summed E-state index contributed by atoms with van der Waals surface area (Å²) >= 11 is 0. The maximum Gasteiger partial charge on any atom is 0.573 e. The van der Waals surface area contributed by atoms with E-state index in [9.17, 15) is 17.6 Å². The maximum absolute atomic E-state index is 12.7. The Kier molecular flexibility index (Phi) is 5.11. The lowest BCUT2D eigenvalue weighted by molar-refractivity contribution is -0.275. The summed E-state index contributed by atoms with van der Waals surface area (Å²) in [6.45, 7) is 5.54. The lowest BCUT2D eigenvalue weighted by Gasteiger charge is -2.09. The van der Waals surface area contributed by atoms with E-state index in [1.54, 1.807) is 6.92 Å². The van der Waals surface area contributed by atoms with Crippen LogP contribution in [-0.4, -0.2) is 6.36 Å². The van der Waals surface area contributed by atoms with Crippen LogP contribution in [0.15, 0.2) is 18.2 Å². The predicted molar refractivity (Wildman–Crippen MR) is 49.2 cm³/mol. The second kappa shape index (κ2) is 5.58. The number of halogens is 4. The Labute approximate surface area is 85.7 Å². The number of benzene rings is 1. The SMILES string of the molecule is CC.Cc1ccc(F)c(OC(F)(F)F)c1. The minimum atomic E-state index is -4.85. The second-order valence-corrected chi connectivity index (χ2v) is 2.48. The Bertz CT molecular complexity index is 307. The third kappa shape index (κ3) is 5.24. The van der Waals surface area contributed by atoms with Crippen molar-refractivity contribution in [3.63, 3.8) is 0 Å². The van der Waals surface area contributed by atoms with Crippen LogP contribution in [0.5, 0.6) is 5.75 Å². The first-order valence-corrected chi connectivity index (χ1v) is 4.40. The first kappa shape index (κ1) is 13.7. The van der Waals surface area contributed by atoms with E-state index in [0.717, 1.165) is 12.1 Å². The van der Waals surface area contributed by atoms with Crippen LogP contribution >= 0.6 is 0 Å². The predicted octanol–water partition coefficient (Wildman–Crippen LogP) is 4.06. The van der Waals surface area contributed by atoms with Gasteiger partial charge in [0.2, 0.25) is 0 Å². The molecule has 0 saturated heterocycles. The Hall–Kier alpha value is -1.26. The van der Waals surface area contributed by atoms with Crippen molar-refractivity contribution in [2.24, 2.45) is 0 Å². The van der Waals surface area contributed by atoms with E-state index < -0.39 is 17.9 Å². The number of hydrogen-bond donors (Lipinski definition) is 0. The van der Waals surface area contributed by atoms with Crippen molar-refractivity contribution >= 4 is 0 Å². The summed E-state index contributed by atoms with van der Waals surface area (Å²) in [5.41, 5.74) is 0.501. The van der Waals surface area contributed by atoms with Gasteiger partial charge < -0.3 is 4.74 Å². The molecule has 0 heterocycles. The minimum absolute atomic E-state index is 0.501. The van der Waals surface area contributed by atoms with Gasteiger partial charge in [0.05, 0.1) is 0 Å². The number of aryl methyl sites for hydroxylation is 1. The summed E-state index contributed by atoms with van der Waals surface area (Å²) in [7, 11) is 0. The van der Waals surface area contributed by atoms with Gasteiger partial charge in [-0.05, 0) is 24.6 Å². The highest BCUT2D eigenvalue weighted by molar-refractivity contribution is 5.29. The van der Waals surface area contributed by atoms with E-state index in [2.05, 4.69) is 4.74 Å². The topological polar surface area (TPSA) is 9.23 Å². The van der Waals surface area contributed by atoms with Crippen molar-refractivity contribution < 1.29 is 22.3 Å². The van der Waals surface area contributed by atoms with Crippen LogP contribution in [-0.2, 0) is 0 Å². The second-order valence-electron chi connectivity index (χ2n) is 2.48. The lowest BCUT2D eigenvalue weighted by atomic mass is 10.2. The van der Waals surface area contributed by atoms with Crippen molar-refractivity contribution in [2.45, 2.75) is 27.1 Å². The summed E-state index contributed by atoms with van der Waals surface area (Å²) in [6, 6.07) is 3.28. The van der Waals surface area contributed by atoms with Gasteiger partial charge in [0, 0.05) is 0 Å². The first-order chi connectivity index (χ1) is 6.88. The molecule has 0 atom stereocenters. The highest BCUT2D eigenvalue weighted by Gasteiger charge is 2.32. The minimum Gasteiger partial charge on any atom is -0.403 e. The Morgan fingerprint density at radius 1 is 1.13 bits per heavy atom. The monoisotopic (exact) mass is 224 g/mol. The molecule has 15 heavy (non-hydrogen) atoms. The number of rotatable bonds is 1. The molecule has 0 unspecified atom stereocenters. The van der Waals surface area contributed by atoms with E-state index in [1.165, 1.54) is 6.07 Å². The van der Waals surface area contributed by atoms with E-state index in [0.29, 0.717) is 5.56 Å². The number of alkyl halides is 3. The fourth-order valence-corrected chi connectivity index (χ4v) is 0.813. The van der Waals surface area contributed by atoms with Gasteiger partial charge in [-0.15, -0.1) is 13.2 Å². The average molecular weight is 224 g/mol. The molecule has 0 radical (unpaired) electrons. The molecule has 0 N–H and O–H groups in total. The molecule has 0 bridgehead atoms. The molecular weight excluding hydrogens is 212 g/mol. The van der Waals surface area contributed by atoms with Gasteiger partial charge >= 0.3 is 6.36 Å². The molecule has 1 aromatic rings. The molecule has 0 fully saturated rings. The van der Waals surface area contributed by atoms with Crippen LogP contribution in [0.25, 0.3) is 0 Å². The van der Waals surface area contributed by atoms with Crippen molar-refractivity contribution in [2.75, 3.05) is 0 Å². The van der Waals surface area contributed by atoms with Crippen molar-refractivity contribution in [3.05, 3.63) is 29.6 Å². The fourth-order valence-electron chi connectivity index (χ4n) is 0.813. The third-order valence-electron chi connectivity index (χ3n) is 1.31. The molecule has 0 amide bonds. The molecule has 0 aliphatic carbocycles. The van der Waals surface area contributed by atoms with Gasteiger partial charge in [-0.3, -0.25) is 0 Å². The van der Waals surface area contributed by atoms with Crippen LogP contribution in [0.4, 0.5) is 17.6 Å². The van der Waals surface area contributed by atoms with E-state index in [1.807, 2.05) is 13.8 Å². The quantitative estimate of drug-likeness (QED) is 0.653. The molecule has 0 aliphatic rings. The van der Waals surface area contributed by atoms with Crippen LogP contribution in [0.3, 0.4) is 0 Å². The Balaban J connectivity index is 0.000000921. The molecule has 0 saturated carbocycles. The summed E-state index contributed by atoms with van der Waals surface area (Å²) < 4.78 is 51.1. The third-order valence-corrected chi connectivity index (χ3v) is 1.31. The molecule has 0 spiro atoms. The zero-order chi connectivity index (χ0) is 12.1. The fraction of sp³-hybridized carbons (Fsp3) is 0.400. The molecule has 1 nitrogen and oxygen atoms in total. The van der Waals surface area contributed by atoms with E-state index in [4.69, 9.17) is 0 Å². The molecule has 5 heteroatoms. The van der Waals surface area contributed by atoms with Crippen LogP contribution < -0.4 is 4.74 Å². The average Bonchev–Trinajstić information content (AvgIpc) is 2.12. The van der Waals surface area contributed by atoms with Crippen LogP contribution in [0, 0.1) is 12.7 Å². The maximum atomic E-state index is 12.7. The number of ether oxygens (including phenoxy) is 1. The Morgan fingerprint density at radius 2 is 1.67 bits per heavy atom. The van der Waals surface area contributed by atoms with Gasteiger partial charge in [-0.2, -0.15) is 0 Å². The zero-order valence-electron chi connectivity index (χ0n) is 8.65. The van der Waals surface area contributed by atoms with Crippen LogP contribution in [0.2, 0.25) is 0 Å². The standard InChI is InChI=1S/C8H6F4O.C2H6/c1-5-2-3-6(9)7(4-5)13-8(10,11)12;1-2/h2-4H,1H3;1-2H3. The largest absolute Gasteiger partial charge is 0.573 e. The molecule has 0 aliphatic heterocycles. The van der Waals surface area contributed by atoms with Crippen molar-refractivity contribution in [1.82, 2.24) is 0 Å². The molecule has 0 aromatic heterocycles. The summed E-state index contributed by atoms with van der Waals surface area (Å²) in [6.07, 6.45) is -4.85. The van der Waals surface area contributed by atoms with Crippen molar-refractivity contribution in [3.8, 4) is 5.75 Å². The summed E-state index contributed by atoms with van der Waals surface area (Å²) in [5, 5.41) is 0. The molecular formula is C10H12F4O. The smallest absolute Gasteiger partial charge is 0.403 e. The lowest BCUT2D eigenvalue weighted by Crippen LogP contribution is -2.17. The highest BCUT2D eigenvalue weighted by atomic mass is 19.4. The van der Waals surface area contributed by atoms with E-state index >= 15 is 0 Å². The van der Waals surface area contributed by atoms with Crippen LogP contribution in [0.1, 0.15) is 19.4 Å². The van der Waals surface area contributed by atoms with Gasteiger partial charge in [0.25, 0.3) is 0 Å². The van der Waals surface area contributed by atoms with Crippen molar-refractivity contribution in [1.29, 1.82) is 0 Å². The number of hydrogen-bond acceptors (Lipinski definition) is 1. The first-order valence-electron chi connectivity index (χ1n) is 4.40. The molecule has 86 valence electrons. The summed E-state index contributed by atoms with van der Waals surface area (Å²) in [4.78, 5) is 0. The Morgan fingerprint density at radius 3 is 2.13 bits per heavy atom. The normalized spacial score (nSPS) is 10.3.